The summed E-state index contributed by atoms with van der Waals surface area (Å²) in [6.07, 6.45) is -2.33. The first-order valence-electron chi connectivity index (χ1n) is 5.75. The molecule has 19 heavy (non-hydrogen) atoms. The Kier molecular flexibility index (Phi) is 3.89. The van der Waals surface area contributed by atoms with Crippen LogP contribution in [-0.4, -0.2) is 15.1 Å². The Morgan fingerprint density at radius 2 is 1.47 bits per heavy atom. The van der Waals surface area contributed by atoms with Crippen molar-refractivity contribution in [2.45, 2.75) is 12.2 Å². The highest BCUT2D eigenvalue weighted by molar-refractivity contribution is 5.36. The van der Waals surface area contributed by atoms with Crippen LogP contribution in [0.2, 0.25) is 0 Å². The lowest BCUT2D eigenvalue weighted by atomic mass is 9.98. The smallest absolute Gasteiger partial charge is 0.269 e. The number of hydrogen-bond acceptors (Lipinski definition) is 4. The molecule has 0 saturated heterocycles. The Labute approximate surface area is 109 Å². The standard InChI is InChI=1S/C14H13NO4/c16-13(10-5-2-1-3-6-10)14(17)11-7-4-8-12(9-11)15(18)19/h1-9,13-14,16-17H/t13-,14?/m1/s1. The predicted molar refractivity (Wildman–Crippen MR) is 69.5 cm³/mol. The van der Waals surface area contributed by atoms with E-state index < -0.39 is 17.1 Å². The molecule has 0 saturated carbocycles. The van der Waals surface area contributed by atoms with E-state index in [0.717, 1.165) is 0 Å². The Balaban J connectivity index is 2.26. The van der Waals surface area contributed by atoms with E-state index in [1.807, 2.05) is 0 Å². The first-order chi connectivity index (χ1) is 9.09. The number of nitrogens with zero attached hydrogens (tertiary/aromatic N) is 1. The van der Waals surface area contributed by atoms with E-state index in [1.54, 1.807) is 36.4 Å². The molecule has 0 spiro atoms. The van der Waals surface area contributed by atoms with Gasteiger partial charge in [0.2, 0.25) is 0 Å². The lowest BCUT2D eigenvalue weighted by Gasteiger charge is -2.18. The third-order valence-corrected chi connectivity index (χ3v) is 2.86. The summed E-state index contributed by atoms with van der Waals surface area (Å²) in [5.74, 6) is 0. The molecule has 2 atom stereocenters. The molecule has 5 nitrogen and oxygen atoms in total. The molecule has 0 aliphatic heterocycles. The van der Waals surface area contributed by atoms with Gasteiger partial charge < -0.3 is 10.2 Å². The van der Waals surface area contributed by atoms with Crippen molar-refractivity contribution in [3.8, 4) is 0 Å². The molecule has 2 aromatic rings. The molecule has 0 aromatic heterocycles. The summed E-state index contributed by atoms with van der Waals surface area (Å²) in [6.45, 7) is 0. The largest absolute Gasteiger partial charge is 0.385 e. The molecule has 2 aromatic carbocycles. The van der Waals surface area contributed by atoms with E-state index >= 15 is 0 Å². The second kappa shape index (κ2) is 5.60. The van der Waals surface area contributed by atoms with Crippen LogP contribution in [0.15, 0.2) is 54.6 Å². The lowest BCUT2D eigenvalue weighted by Crippen LogP contribution is -2.10. The maximum Gasteiger partial charge on any atom is 0.269 e. The van der Waals surface area contributed by atoms with E-state index in [9.17, 15) is 20.3 Å². The van der Waals surface area contributed by atoms with E-state index in [-0.39, 0.29) is 5.69 Å². The van der Waals surface area contributed by atoms with Gasteiger partial charge >= 0.3 is 0 Å². The molecule has 0 fully saturated rings. The number of nitro benzene ring substituents is 1. The average Bonchev–Trinajstić information content (AvgIpc) is 2.46. The number of benzene rings is 2. The fourth-order valence-corrected chi connectivity index (χ4v) is 1.84. The van der Waals surface area contributed by atoms with Crippen molar-refractivity contribution in [1.29, 1.82) is 0 Å². The summed E-state index contributed by atoms with van der Waals surface area (Å²) >= 11 is 0. The van der Waals surface area contributed by atoms with Gasteiger partial charge in [0.25, 0.3) is 5.69 Å². The third-order valence-electron chi connectivity index (χ3n) is 2.86. The molecule has 1 unspecified atom stereocenters. The number of non-ortho nitro benzene ring substituents is 1. The highest BCUT2D eigenvalue weighted by Gasteiger charge is 2.21. The molecular formula is C14H13NO4. The number of hydrogen-bond donors (Lipinski definition) is 2. The van der Waals surface area contributed by atoms with Crippen LogP contribution in [0.25, 0.3) is 0 Å². The number of aliphatic hydroxyl groups excluding tert-OH is 2. The van der Waals surface area contributed by atoms with E-state index in [1.165, 1.54) is 18.2 Å². The fraction of sp³-hybridized carbons (Fsp3) is 0.143. The van der Waals surface area contributed by atoms with Gasteiger partial charge in [0.05, 0.1) is 4.92 Å². The molecule has 0 amide bonds. The first kappa shape index (κ1) is 13.2. The Morgan fingerprint density at radius 1 is 0.895 bits per heavy atom. The van der Waals surface area contributed by atoms with Gasteiger partial charge in [-0.2, -0.15) is 0 Å². The second-order valence-corrected chi connectivity index (χ2v) is 4.15. The van der Waals surface area contributed by atoms with Crippen LogP contribution in [0.3, 0.4) is 0 Å². The van der Waals surface area contributed by atoms with Gasteiger partial charge in [-0.1, -0.05) is 42.5 Å². The van der Waals surface area contributed by atoms with Gasteiger partial charge in [0, 0.05) is 12.1 Å². The number of aliphatic hydroxyl groups is 2. The fourth-order valence-electron chi connectivity index (χ4n) is 1.84. The molecule has 0 aliphatic rings. The zero-order valence-corrected chi connectivity index (χ0v) is 10.0. The van der Waals surface area contributed by atoms with Crippen molar-refractivity contribution in [2.75, 3.05) is 0 Å². The molecule has 2 N–H and O–H groups in total. The van der Waals surface area contributed by atoms with Crippen molar-refractivity contribution < 1.29 is 15.1 Å². The van der Waals surface area contributed by atoms with Crippen LogP contribution in [0.4, 0.5) is 5.69 Å². The SMILES string of the molecule is O=[N+]([O-])c1cccc(C(O)[C@H](O)c2ccccc2)c1. The molecule has 5 heteroatoms. The summed E-state index contributed by atoms with van der Waals surface area (Å²) in [7, 11) is 0. The van der Waals surface area contributed by atoms with Crippen LogP contribution in [0.1, 0.15) is 23.3 Å². The Bertz CT molecular complexity index is 571. The zero-order chi connectivity index (χ0) is 13.8. The van der Waals surface area contributed by atoms with Crippen LogP contribution >= 0.6 is 0 Å². The minimum Gasteiger partial charge on any atom is -0.385 e. The quantitative estimate of drug-likeness (QED) is 0.652. The third kappa shape index (κ3) is 2.96. The molecule has 0 bridgehead atoms. The monoisotopic (exact) mass is 259 g/mol. The van der Waals surface area contributed by atoms with E-state index in [4.69, 9.17) is 0 Å². The normalized spacial score (nSPS) is 13.8. The summed E-state index contributed by atoms with van der Waals surface area (Å²) in [6, 6.07) is 14.3. The van der Waals surface area contributed by atoms with Crippen LogP contribution in [0, 0.1) is 10.1 Å². The lowest BCUT2D eigenvalue weighted by molar-refractivity contribution is -0.385. The maximum absolute atomic E-state index is 10.7. The maximum atomic E-state index is 10.7. The van der Waals surface area contributed by atoms with Gasteiger partial charge in [0.15, 0.2) is 0 Å². The van der Waals surface area contributed by atoms with Gasteiger partial charge in [-0.25, -0.2) is 0 Å². The molecule has 2 rings (SSSR count). The summed E-state index contributed by atoms with van der Waals surface area (Å²) < 4.78 is 0. The van der Waals surface area contributed by atoms with Gasteiger partial charge in [-0.15, -0.1) is 0 Å². The second-order valence-electron chi connectivity index (χ2n) is 4.15. The molecule has 98 valence electrons. The van der Waals surface area contributed by atoms with Crippen molar-refractivity contribution in [1.82, 2.24) is 0 Å². The molecular weight excluding hydrogens is 246 g/mol. The highest BCUT2D eigenvalue weighted by atomic mass is 16.6. The van der Waals surface area contributed by atoms with Crippen molar-refractivity contribution in [3.05, 3.63) is 75.8 Å². The summed E-state index contributed by atoms with van der Waals surface area (Å²) in [5, 5.41) is 30.8. The van der Waals surface area contributed by atoms with Crippen molar-refractivity contribution in [2.24, 2.45) is 0 Å². The highest BCUT2D eigenvalue weighted by Crippen LogP contribution is 2.30. The zero-order valence-electron chi connectivity index (χ0n) is 10.0. The topological polar surface area (TPSA) is 83.6 Å². The average molecular weight is 259 g/mol. The predicted octanol–water partition coefficient (Wildman–Crippen LogP) is 2.36. The molecule has 0 aliphatic carbocycles. The first-order valence-corrected chi connectivity index (χ1v) is 5.75. The van der Waals surface area contributed by atoms with E-state index in [0.29, 0.717) is 11.1 Å². The summed E-state index contributed by atoms with van der Waals surface area (Å²) in [5.41, 5.74) is 0.754. The number of rotatable bonds is 4. The van der Waals surface area contributed by atoms with Crippen LogP contribution in [-0.2, 0) is 0 Å². The van der Waals surface area contributed by atoms with Crippen molar-refractivity contribution in [3.63, 3.8) is 0 Å². The van der Waals surface area contributed by atoms with Gasteiger partial charge in [-0.3, -0.25) is 10.1 Å². The minimum atomic E-state index is -1.21. The van der Waals surface area contributed by atoms with Crippen LogP contribution < -0.4 is 0 Å². The van der Waals surface area contributed by atoms with Crippen LogP contribution in [0.5, 0.6) is 0 Å². The van der Waals surface area contributed by atoms with Crippen molar-refractivity contribution >= 4 is 5.69 Å². The molecule has 0 radical (unpaired) electrons. The summed E-state index contributed by atoms with van der Waals surface area (Å²) in [4.78, 5) is 10.1. The number of nitro groups is 1. The van der Waals surface area contributed by atoms with E-state index in [2.05, 4.69) is 0 Å². The van der Waals surface area contributed by atoms with Gasteiger partial charge in [-0.05, 0) is 11.1 Å². The molecule has 0 heterocycles. The van der Waals surface area contributed by atoms with Gasteiger partial charge in [0.1, 0.15) is 12.2 Å². The Hall–Kier alpha value is -2.24. The Morgan fingerprint density at radius 3 is 2.11 bits per heavy atom. The minimum absolute atomic E-state index is 0.114.